The van der Waals surface area contributed by atoms with Gasteiger partial charge in [0.15, 0.2) is 0 Å². The monoisotopic (exact) mass is 473 g/mol. The number of carbonyl (C=O) groups is 3. The Morgan fingerprint density at radius 3 is 1.97 bits per heavy atom. The Labute approximate surface area is 192 Å². The van der Waals surface area contributed by atoms with E-state index in [0.29, 0.717) is 25.1 Å². The van der Waals surface area contributed by atoms with E-state index < -0.39 is 12.1 Å². The summed E-state index contributed by atoms with van der Waals surface area (Å²) in [5.74, 6) is -2.60. The first-order chi connectivity index (χ1) is 15.3. The minimum Gasteiger partial charge on any atom is -0.475 e. The van der Waals surface area contributed by atoms with Crippen molar-refractivity contribution in [3.63, 3.8) is 0 Å². The van der Waals surface area contributed by atoms with Crippen LogP contribution < -0.4 is 5.32 Å². The van der Waals surface area contributed by atoms with Crippen molar-refractivity contribution < 1.29 is 32.7 Å². The van der Waals surface area contributed by atoms with Crippen LogP contribution in [0.2, 0.25) is 0 Å². The van der Waals surface area contributed by atoms with Crippen molar-refractivity contribution >= 4 is 17.8 Å². The molecule has 0 bridgehead atoms. The van der Waals surface area contributed by atoms with E-state index in [1.54, 1.807) is 0 Å². The van der Waals surface area contributed by atoms with E-state index in [2.05, 4.69) is 33.0 Å². The second-order valence-corrected chi connectivity index (χ2v) is 8.80. The maximum atomic E-state index is 12.9. The van der Waals surface area contributed by atoms with E-state index in [9.17, 15) is 22.8 Å². The van der Waals surface area contributed by atoms with Crippen molar-refractivity contribution in [2.24, 2.45) is 0 Å². The van der Waals surface area contributed by atoms with Crippen LogP contribution in [0.1, 0.15) is 56.5 Å². The number of halogens is 3. The highest BCUT2D eigenvalue weighted by Gasteiger charge is 2.38. The minimum absolute atomic E-state index is 0.0143. The van der Waals surface area contributed by atoms with Crippen LogP contribution in [0.5, 0.6) is 0 Å². The fourth-order valence-electron chi connectivity index (χ4n) is 3.18. The standard InChI is InChI=1S/C21H33N3O2.C2HF3O2/c1-5-13-24(14-10-19(25)23-15-11-22-12-16-23)20(26)17-6-8-18(9-7-17)21(2,3)4;3-2(4,5)1(6)7/h6-9,22H,5,10-16H2,1-4H3;(H,6,7). The van der Waals surface area contributed by atoms with Gasteiger partial charge in [-0.25, -0.2) is 4.79 Å². The molecule has 1 aromatic rings. The Bertz CT molecular complexity index is 784. The van der Waals surface area contributed by atoms with Gasteiger partial charge in [-0.05, 0) is 29.5 Å². The number of carboxylic acids is 1. The van der Waals surface area contributed by atoms with Gasteiger partial charge in [0.05, 0.1) is 0 Å². The molecule has 0 spiro atoms. The molecule has 1 aliphatic rings. The molecule has 0 aromatic heterocycles. The number of nitrogens with zero attached hydrogens (tertiary/aromatic N) is 2. The summed E-state index contributed by atoms with van der Waals surface area (Å²) in [6.07, 6.45) is -3.81. The summed E-state index contributed by atoms with van der Waals surface area (Å²) in [4.78, 5) is 37.9. The predicted octanol–water partition coefficient (Wildman–Crippen LogP) is 3.29. The van der Waals surface area contributed by atoms with Crippen molar-refractivity contribution in [3.8, 4) is 0 Å². The number of carbonyl (C=O) groups excluding carboxylic acids is 2. The van der Waals surface area contributed by atoms with Gasteiger partial charge in [-0.2, -0.15) is 13.2 Å². The largest absolute Gasteiger partial charge is 0.490 e. The number of hydrogen-bond donors (Lipinski definition) is 2. The topological polar surface area (TPSA) is 90.0 Å². The highest BCUT2D eigenvalue weighted by Crippen LogP contribution is 2.22. The lowest BCUT2D eigenvalue weighted by atomic mass is 9.86. The van der Waals surface area contributed by atoms with Crippen LogP contribution in [0.3, 0.4) is 0 Å². The zero-order valence-corrected chi connectivity index (χ0v) is 19.7. The number of carboxylic acid groups (broad SMARTS) is 1. The maximum absolute atomic E-state index is 12.9. The summed E-state index contributed by atoms with van der Waals surface area (Å²) in [6.45, 7) is 12.9. The molecule has 2 rings (SSSR count). The smallest absolute Gasteiger partial charge is 0.475 e. The van der Waals surface area contributed by atoms with Gasteiger partial charge in [0.2, 0.25) is 5.91 Å². The molecular formula is C23H34F3N3O4. The molecule has 33 heavy (non-hydrogen) atoms. The lowest BCUT2D eigenvalue weighted by Gasteiger charge is -2.29. The maximum Gasteiger partial charge on any atom is 0.490 e. The third-order valence-corrected chi connectivity index (χ3v) is 5.09. The first-order valence-corrected chi connectivity index (χ1v) is 11.0. The van der Waals surface area contributed by atoms with E-state index in [1.165, 1.54) is 5.56 Å². The fourth-order valence-corrected chi connectivity index (χ4v) is 3.18. The van der Waals surface area contributed by atoms with Crippen LogP contribution in [0.15, 0.2) is 24.3 Å². The molecule has 0 unspecified atom stereocenters. The summed E-state index contributed by atoms with van der Waals surface area (Å²) >= 11 is 0. The van der Waals surface area contributed by atoms with E-state index >= 15 is 0 Å². The predicted molar refractivity (Wildman–Crippen MR) is 119 cm³/mol. The van der Waals surface area contributed by atoms with Crippen molar-refractivity contribution in [2.75, 3.05) is 39.3 Å². The van der Waals surface area contributed by atoms with Gasteiger partial charge in [-0.15, -0.1) is 0 Å². The van der Waals surface area contributed by atoms with Gasteiger partial charge in [0.1, 0.15) is 0 Å². The first kappa shape index (κ1) is 28.4. The second-order valence-electron chi connectivity index (χ2n) is 8.80. The van der Waals surface area contributed by atoms with Crippen LogP contribution >= 0.6 is 0 Å². The molecule has 1 fully saturated rings. The summed E-state index contributed by atoms with van der Waals surface area (Å²) in [6, 6.07) is 7.87. The molecule has 1 aliphatic heterocycles. The summed E-state index contributed by atoms with van der Waals surface area (Å²) < 4.78 is 31.7. The zero-order valence-electron chi connectivity index (χ0n) is 19.7. The molecule has 0 saturated carbocycles. The molecule has 0 aliphatic carbocycles. The molecular weight excluding hydrogens is 439 g/mol. The van der Waals surface area contributed by atoms with Gasteiger partial charge in [-0.3, -0.25) is 9.59 Å². The molecule has 1 heterocycles. The molecule has 10 heteroatoms. The Balaban J connectivity index is 0.000000675. The Kier molecular flexibility index (Phi) is 10.8. The second kappa shape index (κ2) is 12.6. The lowest BCUT2D eigenvalue weighted by Crippen LogP contribution is -2.47. The third-order valence-electron chi connectivity index (χ3n) is 5.09. The Hall–Kier alpha value is -2.62. The van der Waals surface area contributed by atoms with Gasteiger partial charge in [-0.1, -0.05) is 39.8 Å². The molecule has 186 valence electrons. The van der Waals surface area contributed by atoms with Gasteiger partial charge >= 0.3 is 12.1 Å². The number of piperazine rings is 1. The van der Waals surface area contributed by atoms with Crippen molar-refractivity contribution in [2.45, 2.75) is 52.1 Å². The summed E-state index contributed by atoms with van der Waals surface area (Å²) in [7, 11) is 0. The highest BCUT2D eigenvalue weighted by atomic mass is 19.4. The number of aliphatic carboxylic acids is 1. The molecule has 2 amide bonds. The van der Waals surface area contributed by atoms with Gasteiger partial charge in [0.25, 0.3) is 5.91 Å². The number of nitrogens with one attached hydrogen (secondary N) is 1. The Morgan fingerprint density at radius 2 is 1.55 bits per heavy atom. The number of alkyl halides is 3. The van der Waals surface area contributed by atoms with E-state index in [4.69, 9.17) is 9.90 Å². The van der Waals surface area contributed by atoms with E-state index in [-0.39, 0.29) is 17.2 Å². The molecule has 1 aromatic carbocycles. The molecule has 0 atom stereocenters. The minimum atomic E-state index is -5.08. The van der Waals surface area contributed by atoms with Crippen molar-refractivity contribution in [1.82, 2.24) is 15.1 Å². The van der Waals surface area contributed by atoms with Crippen LogP contribution in [-0.4, -0.2) is 78.1 Å². The van der Waals surface area contributed by atoms with Gasteiger partial charge in [0, 0.05) is 51.3 Å². The van der Waals surface area contributed by atoms with Crippen LogP contribution in [0, 0.1) is 0 Å². The summed E-state index contributed by atoms with van der Waals surface area (Å²) in [5.41, 5.74) is 1.98. The fraction of sp³-hybridized carbons (Fsp3) is 0.609. The number of rotatable bonds is 6. The molecule has 7 nitrogen and oxygen atoms in total. The third kappa shape index (κ3) is 9.81. The average Bonchev–Trinajstić information content (AvgIpc) is 2.76. The zero-order chi connectivity index (χ0) is 25.2. The summed E-state index contributed by atoms with van der Waals surface area (Å²) in [5, 5.41) is 10.4. The van der Waals surface area contributed by atoms with Crippen LogP contribution in [0.4, 0.5) is 13.2 Å². The number of benzene rings is 1. The van der Waals surface area contributed by atoms with E-state index in [1.807, 2.05) is 34.1 Å². The molecule has 2 N–H and O–H groups in total. The van der Waals surface area contributed by atoms with E-state index in [0.717, 1.165) is 32.6 Å². The first-order valence-electron chi connectivity index (χ1n) is 11.0. The van der Waals surface area contributed by atoms with Gasteiger partial charge < -0.3 is 20.2 Å². The normalized spacial score (nSPS) is 14.2. The van der Waals surface area contributed by atoms with Crippen molar-refractivity contribution in [1.29, 1.82) is 0 Å². The quantitative estimate of drug-likeness (QED) is 0.662. The van der Waals surface area contributed by atoms with Crippen molar-refractivity contribution in [3.05, 3.63) is 35.4 Å². The molecule has 0 radical (unpaired) electrons. The Morgan fingerprint density at radius 1 is 1.03 bits per heavy atom. The number of hydrogen-bond acceptors (Lipinski definition) is 4. The van der Waals surface area contributed by atoms with Crippen LogP contribution in [-0.2, 0) is 15.0 Å². The average molecular weight is 474 g/mol. The highest BCUT2D eigenvalue weighted by molar-refractivity contribution is 5.94. The lowest BCUT2D eigenvalue weighted by molar-refractivity contribution is -0.192. The van der Waals surface area contributed by atoms with Crippen LogP contribution in [0.25, 0.3) is 0 Å². The SMILES string of the molecule is CCCN(CCC(=O)N1CCNCC1)C(=O)c1ccc(C(C)(C)C)cc1.O=C(O)C(F)(F)F. The molecule has 1 saturated heterocycles. The number of amides is 2.